The first-order valence-corrected chi connectivity index (χ1v) is 10.5. The minimum Gasteiger partial charge on any atom is -0.468 e. The van der Waals surface area contributed by atoms with Gasteiger partial charge in [-0.15, -0.1) is 0 Å². The number of nitrogens with zero attached hydrogens (tertiary/aromatic N) is 4. The second-order valence-corrected chi connectivity index (χ2v) is 8.64. The number of carbonyl (C=O) groups excluding carboxylic acids is 1. The quantitative estimate of drug-likeness (QED) is 0.555. The smallest absolute Gasteiger partial charge is 0.435 e. The van der Waals surface area contributed by atoms with Crippen LogP contribution in [0.4, 0.5) is 13.2 Å². The van der Waals surface area contributed by atoms with Crippen LogP contribution in [0.5, 0.6) is 0 Å². The van der Waals surface area contributed by atoms with Gasteiger partial charge in [0.1, 0.15) is 6.54 Å². The molecule has 2 aromatic heterocycles. The van der Waals surface area contributed by atoms with Crippen LogP contribution in [0.2, 0.25) is 0 Å². The van der Waals surface area contributed by atoms with Gasteiger partial charge in [-0.1, -0.05) is 12.1 Å². The number of hydrogen-bond donors (Lipinski definition) is 0. The Balaban J connectivity index is 2.04. The number of rotatable bonds is 5. The number of benzene rings is 1. The van der Waals surface area contributed by atoms with Gasteiger partial charge in [-0.2, -0.15) is 22.6 Å². The SMILES string of the molecule is COC(=O)Cn1nc(C(F)(F)F)cc1-c1nc(-c2cccc(S(C)(=O)=O)c2)ns1. The molecule has 0 amide bonds. The molecule has 0 unspecified atom stereocenters. The van der Waals surface area contributed by atoms with Crippen LogP contribution in [0, 0.1) is 0 Å². The van der Waals surface area contributed by atoms with Crippen molar-refractivity contribution >= 4 is 27.3 Å². The summed E-state index contributed by atoms with van der Waals surface area (Å²) in [4.78, 5) is 15.8. The summed E-state index contributed by atoms with van der Waals surface area (Å²) in [5.41, 5.74) is -0.872. The van der Waals surface area contributed by atoms with Crippen molar-refractivity contribution in [2.24, 2.45) is 0 Å². The summed E-state index contributed by atoms with van der Waals surface area (Å²) < 4.78 is 72.0. The Morgan fingerprint density at radius 3 is 2.62 bits per heavy atom. The first-order chi connectivity index (χ1) is 13.5. The summed E-state index contributed by atoms with van der Waals surface area (Å²) in [5.74, 6) is -0.649. The van der Waals surface area contributed by atoms with Gasteiger partial charge < -0.3 is 4.74 Å². The van der Waals surface area contributed by atoms with Gasteiger partial charge in [0.05, 0.1) is 17.7 Å². The van der Waals surface area contributed by atoms with Gasteiger partial charge in [0.15, 0.2) is 26.4 Å². The highest BCUT2D eigenvalue weighted by molar-refractivity contribution is 7.90. The Morgan fingerprint density at radius 2 is 2.00 bits per heavy atom. The van der Waals surface area contributed by atoms with Crippen LogP contribution in [0.1, 0.15) is 5.69 Å². The summed E-state index contributed by atoms with van der Waals surface area (Å²) in [6, 6.07) is 6.63. The Hall–Kier alpha value is -2.80. The Morgan fingerprint density at radius 1 is 1.28 bits per heavy atom. The van der Waals surface area contributed by atoms with Gasteiger partial charge in [0.2, 0.25) is 0 Å². The third-order valence-electron chi connectivity index (χ3n) is 3.74. The number of methoxy groups -OCH3 is 1. The van der Waals surface area contributed by atoms with E-state index in [1.807, 2.05) is 0 Å². The topological polar surface area (TPSA) is 104 Å². The maximum atomic E-state index is 13.1. The number of sulfone groups is 1. The van der Waals surface area contributed by atoms with E-state index < -0.39 is 34.2 Å². The Bertz CT molecular complexity index is 1170. The third kappa shape index (κ3) is 4.62. The fourth-order valence-electron chi connectivity index (χ4n) is 2.35. The average Bonchev–Trinajstić information content (AvgIpc) is 3.27. The van der Waals surface area contributed by atoms with E-state index in [1.165, 1.54) is 18.2 Å². The lowest BCUT2D eigenvalue weighted by Gasteiger charge is -2.03. The van der Waals surface area contributed by atoms with Crippen molar-refractivity contribution in [3.05, 3.63) is 36.0 Å². The summed E-state index contributed by atoms with van der Waals surface area (Å²) in [6.07, 6.45) is -3.66. The number of ether oxygens (including phenoxy) is 1. The number of esters is 1. The lowest BCUT2D eigenvalue weighted by atomic mass is 10.2. The van der Waals surface area contributed by atoms with Crippen molar-refractivity contribution in [2.45, 2.75) is 17.6 Å². The third-order valence-corrected chi connectivity index (χ3v) is 5.59. The molecule has 13 heteroatoms. The molecule has 0 N–H and O–H groups in total. The van der Waals surface area contributed by atoms with E-state index in [-0.39, 0.29) is 21.4 Å². The zero-order valence-corrected chi connectivity index (χ0v) is 16.6. The van der Waals surface area contributed by atoms with Crippen LogP contribution in [0.25, 0.3) is 22.1 Å². The number of alkyl halides is 3. The summed E-state index contributed by atoms with van der Waals surface area (Å²) in [6.45, 7) is -0.541. The molecule has 0 aliphatic rings. The molecular weight excluding hydrogens is 433 g/mol. The molecule has 2 heterocycles. The Labute approximate surface area is 167 Å². The van der Waals surface area contributed by atoms with Crippen LogP contribution in [-0.4, -0.2) is 46.9 Å². The molecule has 3 rings (SSSR count). The zero-order valence-electron chi connectivity index (χ0n) is 15.0. The molecular formula is C16H13F3N4O4S2. The van der Waals surface area contributed by atoms with Crippen molar-refractivity contribution in [2.75, 3.05) is 13.4 Å². The maximum absolute atomic E-state index is 13.1. The van der Waals surface area contributed by atoms with Crippen LogP contribution < -0.4 is 0 Å². The predicted molar refractivity (Wildman–Crippen MR) is 96.7 cm³/mol. The summed E-state index contributed by atoms with van der Waals surface area (Å²) in [7, 11) is -2.35. The van der Waals surface area contributed by atoms with Gasteiger partial charge in [0.25, 0.3) is 0 Å². The number of carbonyl (C=O) groups is 1. The van der Waals surface area contributed by atoms with Gasteiger partial charge >= 0.3 is 12.1 Å². The molecule has 29 heavy (non-hydrogen) atoms. The summed E-state index contributed by atoms with van der Waals surface area (Å²) in [5, 5.41) is 3.50. The van der Waals surface area contributed by atoms with Crippen molar-refractivity contribution in [1.29, 1.82) is 0 Å². The second kappa shape index (κ2) is 7.55. The lowest BCUT2D eigenvalue weighted by molar-refractivity contribution is -0.144. The lowest BCUT2D eigenvalue weighted by Crippen LogP contribution is -2.15. The molecule has 0 fully saturated rings. The molecule has 8 nitrogen and oxygen atoms in total. The highest BCUT2D eigenvalue weighted by Crippen LogP contribution is 2.33. The highest BCUT2D eigenvalue weighted by Gasteiger charge is 2.36. The summed E-state index contributed by atoms with van der Waals surface area (Å²) >= 11 is 0.793. The number of halogens is 3. The van der Waals surface area contributed by atoms with Crippen molar-refractivity contribution in [1.82, 2.24) is 19.1 Å². The van der Waals surface area contributed by atoms with E-state index in [2.05, 4.69) is 19.2 Å². The molecule has 1 aromatic carbocycles. The fraction of sp³-hybridized carbons (Fsp3) is 0.250. The van der Waals surface area contributed by atoms with Gasteiger partial charge in [-0.05, 0) is 29.7 Å². The number of hydrogen-bond acceptors (Lipinski definition) is 8. The second-order valence-electron chi connectivity index (χ2n) is 5.87. The molecule has 0 saturated carbocycles. The van der Waals surface area contributed by atoms with Crippen molar-refractivity contribution < 1.29 is 31.1 Å². The molecule has 3 aromatic rings. The number of aromatic nitrogens is 4. The highest BCUT2D eigenvalue weighted by atomic mass is 32.2. The van der Waals surface area contributed by atoms with E-state index in [0.717, 1.165) is 35.6 Å². The van der Waals surface area contributed by atoms with E-state index in [9.17, 15) is 26.4 Å². The zero-order chi connectivity index (χ0) is 21.4. The van der Waals surface area contributed by atoms with Gasteiger partial charge in [-0.3, -0.25) is 9.48 Å². The average molecular weight is 446 g/mol. The van der Waals surface area contributed by atoms with Gasteiger partial charge in [-0.25, -0.2) is 13.4 Å². The molecule has 0 saturated heterocycles. The monoisotopic (exact) mass is 446 g/mol. The molecule has 0 aliphatic carbocycles. The van der Waals surface area contributed by atoms with Crippen molar-refractivity contribution in [3.63, 3.8) is 0 Å². The van der Waals surface area contributed by atoms with Crippen LogP contribution in [0.3, 0.4) is 0 Å². The van der Waals surface area contributed by atoms with Crippen molar-refractivity contribution in [3.8, 4) is 22.1 Å². The standard InChI is InChI=1S/C16H13F3N4O4S2/c1-27-13(24)8-23-11(7-12(21-23)16(17,18)19)15-20-14(22-28-15)9-4-3-5-10(6-9)29(2,25)26/h3-7H,8H2,1-2H3. The molecule has 0 bridgehead atoms. The van der Waals surface area contributed by atoms with E-state index >= 15 is 0 Å². The van der Waals surface area contributed by atoms with Crippen LogP contribution in [0.15, 0.2) is 35.2 Å². The van der Waals surface area contributed by atoms with Gasteiger partial charge in [0, 0.05) is 11.8 Å². The van der Waals surface area contributed by atoms with Crippen LogP contribution in [-0.2, 0) is 32.1 Å². The normalized spacial score (nSPS) is 12.2. The van der Waals surface area contributed by atoms with Crippen LogP contribution >= 0.6 is 11.5 Å². The first-order valence-electron chi connectivity index (χ1n) is 7.85. The predicted octanol–water partition coefficient (Wildman–Crippen LogP) is 2.66. The maximum Gasteiger partial charge on any atom is 0.435 e. The molecule has 0 radical (unpaired) electrons. The van der Waals surface area contributed by atoms with E-state index in [4.69, 9.17) is 0 Å². The Kier molecular flexibility index (Phi) is 5.45. The molecule has 0 aliphatic heterocycles. The minimum absolute atomic E-state index is 0.0569. The molecule has 154 valence electrons. The largest absolute Gasteiger partial charge is 0.468 e. The first kappa shape index (κ1) is 20.9. The molecule has 0 spiro atoms. The van der Waals surface area contributed by atoms with E-state index in [0.29, 0.717) is 5.56 Å². The molecule has 0 atom stereocenters. The minimum atomic E-state index is -4.71. The fourth-order valence-corrected chi connectivity index (χ4v) is 3.72. The van der Waals surface area contributed by atoms with E-state index in [1.54, 1.807) is 6.07 Å².